The SMILES string of the molecule is Cc1cc([N+](=O)[O-])cc(F)c1C(=O)Cl. The summed E-state index contributed by atoms with van der Waals surface area (Å²) in [4.78, 5) is 20.3. The summed E-state index contributed by atoms with van der Waals surface area (Å²) in [5, 5.41) is 9.34. The van der Waals surface area contributed by atoms with Crippen LogP contribution in [-0.4, -0.2) is 10.2 Å². The molecule has 0 radical (unpaired) electrons. The van der Waals surface area contributed by atoms with Crippen LogP contribution >= 0.6 is 11.6 Å². The van der Waals surface area contributed by atoms with E-state index >= 15 is 0 Å². The molecule has 1 aromatic rings. The fraction of sp³-hybridized carbons (Fsp3) is 0.125. The monoisotopic (exact) mass is 217 g/mol. The van der Waals surface area contributed by atoms with E-state index < -0.39 is 21.7 Å². The maximum absolute atomic E-state index is 13.1. The van der Waals surface area contributed by atoms with Crippen molar-refractivity contribution in [3.63, 3.8) is 0 Å². The van der Waals surface area contributed by atoms with E-state index in [9.17, 15) is 19.3 Å². The highest BCUT2D eigenvalue weighted by Gasteiger charge is 2.18. The molecule has 0 unspecified atom stereocenters. The summed E-state index contributed by atoms with van der Waals surface area (Å²) in [5.41, 5.74) is -0.573. The van der Waals surface area contributed by atoms with Crippen LogP contribution in [0.2, 0.25) is 0 Å². The Kier molecular flexibility index (Phi) is 2.81. The first kappa shape index (κ1) is 10.6. The molecule has 1 aromatic carbocycles. The first-order chi connectivity index (χ1) is 6.43. The molecule has 0 heterocycles. The molecule has 0 aliphatic rings. The van der Waals surface area contributed by atoms with Gasteiger partial charge in [-0.15, -0.1) is 0 Å². The largest absolute Gasteiger partial charge is 0.275 e. The zero-order valence-corrected chi connectivity index (χ0v) is 7.84. The van der Waals surface area contributed by atoms with Crippen molar-refractivity contribution in [1.82, 2.24) is 0 Å². The van der Waals surface area contributed by atoms with Crippen LogP contribution in [0.3, 0.4) is 0 Å². The summed E-state index contributed by atoms with van der Waals surface area (Å²) in [6, 6.07) is 1.77. The van der Waals surface area contributed by atoms with Crippen LogP contribution < -0.4 is 0 Å². The van der Waals surface area contributed by atoms with Crippen molar-refractivity contribution >= 4 is 22.5 Å². The lowest BCUT2D eigenvalue weighted by Gasteiger charge is -2.01. The molecular weight excluding hydrogens is 213 g/mol. The molecule has 0 amide bonds. The molecule has 0 aliphatic heterocycles. The molecule has 14 heavy (non-hydrogen) atoms. The van der Waals surface area contributed by atoms with Crippen molar-refractivity contribution < 1.29 is 14.1 Å². The topological polar surface area (TPSA) is 60.2 Å². The number of hydrogen-bond donors (Lipinski definition) is 0. The normalized spacial score (nSPS) is 9.93. The summed E-state index contributed by atoms with van der Waals surface area (Å²) in [6.45, 7) is 1.38. The van der Waals surface area contributed by atoms with E-state index in [2.05, 4.69) is 0 Å². The highest BCUT2D eigenvalue weighted by atomic mass is 35.5. The molecular formula is C8H5ClFNO3. The molecule has 0 saturated heterocycles. The van der Waals surface area contributed by atoms with Gasteiger partial charge in [0.2, 0.25) is 0 Å². The molecule has 0 aromatic heterocycles. The highest BCUT2D eigenvalue weighted by Crippen LogP contribution is 2.22. The minimum absolute atomic E-state index is 0.150. The van der Waals surface area contributed by atoms with Crippen molar-refractivity contribution in [3.05, 3.63) is 39.2 Å². The van der Waals surface area contributed by atoms with Crippen LogP contribution in [0.25, 0.3) is 0 Å². The van der Waals surface area contributed by atoms with Gasteiger partial charge in [0.05, 0.1) is 16.6 Å². The zero-order chi connectivity index (χ0) is 10.9. The van der Waals surface area contributed by atoms with E-state index in [0.29, 0.717) is 6.07 Å². The number of benzene rings is 1. The van der Waals surface area contributed by atoms with Gasteiger partial charge in [0, 0.05) is 6.07 Å². The van der Waals surface area contributed by atoms with Gasteiger partial charge < -0.3 is 0 Å². The molecule has 1 rings (SSSR count). The molecule has 4 nitrogen and oxygen atoms in total. The van der Waals surface area contributed by atoms with Crippen molar-refractivity contribution in [3.8, 4) is 0 Å². The molecule has 74 valence electrons. The van der Waals surface area contributed by atoms with Crippen LogP contribution in [0.1, 0.15) is 15.9 Å². The fourth-order valence-corrected chi connectivity index (χ4v) is 1.32. The minimum atomic E-state index is -0.975. The van der Waals surface area contributed by atoms with Gasteiger partial charge in [-0.2, -0.15) is 0 Å². The second-order valence-corrected chi connectivity index (χ2v) is 2.99. The number of nitro groups is 1. The number of carbonyl (C=O) groups excluding carboxylic acids is 1. The van der Waals surface area contributed by atoms with Crippen molar-refractivity contribution in [2.45, 2.75) is 6.92 Å². The van der Waals surface area contributed by atoms with E-state index in [4.69, 9.17) is 11.6 Å². The average molecular weight is 218 g/mol. The Labute approximate surface area is 83.4 Å². The quantitative estimate of drug-likeness (QED) is 0.434. The molecule has 0 fully saturated rings. The maximum Gasteiger partial charge on any atom is 0.272 e. The predicted molar refractivity (Wildman–Crippen MR) is 48.0 cm³/mol. The standard InChI is InChI=1S/C8H5ClFNO3/c1-4-2-5(11(13)14)3-6(10)7(4)8(9)12/h2-3H,1H3. The second-order valence-electron chi connectivity index (χ2n) is 2.65. The molecule has 6 heteroatoms. The van der Waals surface area contributed by atoms with Crippen LogP contribution in [0.5, 0.6) is 0 Å². The van der Waals surface area contributed by atoms with Gasteiger partial charge in [0.15, 0.2) is 0 Å². The second kappa shape index (κ2) is 3.71. The van der Waals surface area contributed by atoms with Crippen LogP contribution in [0.4, 0.5) is 10.1 Å². The van der Waals surface area contributed by atoms with Gasteiger partial charge in [-0.3, -0.25) is 14.9 Å². The summed E-state index contributed by atoms with van der Waals surface area (Å²) < 4.78 is 13.1. The first-order valence-corrected chi connectivity index (χ1v) is 3.95. The molecule has 0 saturated carbocycles. The van der Waals surface area contributed by atoms with Gasteiger partial charge in [-0.05, 0) is 24.1 Å². The Morgan fingerprint density at radius 2 is 2.14 bits per heavy atom. The fourth-order valence-electron chi connectivity index (χ4n) is 1.08. The minimum Gasteiger partial charge on any atom is -0.275 e. The van der Waals surface area contributed by atoms with Crippen LogP contribution in [-0.2, 0) is 0 Å². The Morgan fingerprint density at radius 1 is 1.57 bits per heavy atom. The number of nitro benzene ring substituents is 1. The Bertz CT molecular complexity index is 396. The van der Waals surface area contributed by atoms with Gasteiger partial charge in [-0.1, -0.05) is 0 Å². The lowest BCUT2D eigenvalue weighted by Crippen LogP contribution is -2.00. The summed E-state index contributed by atoms with van der Waals surface area (Å²) >= 11 is 5.10. The molecule has 0 atom stereocenters. The molecule has 0 spiro atoms. The Balaban J connectivity index is 3.39. The first-order valence-electron chi connectivity index (χ1n) is 3.58. The highest BCUT2D eigenvalue weighted by molar-refractivity contribution is 6.68. The van der Waals surface area contributed by atoms with Crippen molar-refractivity contribution in [2.75, 3.05) is 0 Å². The smallest absolute Gasteiger partial charge is 0.272 e. The van der Waals surface area contributed by atoms with E-state index in [0.717, 1.165) is 6.07 Å². The van der Waals surface area contributed by atoms with E-state index in [1.807, 2.05) is 0 Å². The van der Waals surface area contributed by atoms with E-state index in [-0.39, 0.29) is 11.1 Å². The summed E-state index contributed by atoms with van der Waals surface area (Å²) in [5.74, 6) is -0.975. The number of hydrogen-bond acceptors (Lipinski definition) is 3. The maximum atomic E-state index is 13.1. The van der Waals surface area contributed by atoms with Gasteiger partial charge in [0.1, 0.15) is 5.82 Å². The van der Waals surface area contributed by atoms with Gasteiger partial charge in [0.25, 0.3) is 10.9 Å². The van der Waals surface area contributed by atoms with Gasteiger partial charge in [-0.25, -0.2) is 4.39 Å². The molecule has 0 bridgehead atoms. The van der Waals surface area contributed by atoms with E-state index in [1.165, 1.54) is 6.92 Å². The molecule has 0 N–H and O–H groups in total. The average Bonchev–Trinajstić information content (AvgIpc) is 2.01. The number of halogens is 2. The van der Waals surface area contributed by atoms with Crippen LogP contribution in [0.15, 0.2) is 12.1 Å². The number of nitrogens with zero attached hydrogens (tertiary/aromatic N) is 1. The summed E-state index contributed by atoms with van der Waals surface area (Å²) in [6.07, 6.45) is 0. The lowest BCUT2D eigenvalue weighted by molar-refractivity contribution is -0.385. The number of non-ortho nitro benzene ring substituents is 1. The Morgan fingerprint density at radius 3 is 2.50 bits per heavy atom. The summed E-state index contributed by atoms with van der Waals surface area (Å²) in [7, 11) is 0. The van der Waals surface area contributed by atoms with Crippen molar-refractivity contribution in [2.24, 2.45) is 0 Å². The predicted octanol–water partition coefficient (Wildman–Crippen LogP) is 2.42. The van der Waals surface area contributed by atoms with Crippen LogP contribution in [0, 0.1) is 22.9 Å². The zero-order valence-electron chi connectivity index (χ0n) is 7.08. The lowest BCUT2D eigenvalue weighted by atomic mass is 10.1. The third-order valence-electron chi connectivity index (χ3n) is 1.68. The number of rotatable bonds is 2. The van der Waals surface area contributed by atoms with Crippen molar-refractivity contribution in [1.29, 1.82) is 0 Å². The van der Waals surface area contributed by atoms with Gasteiger partial charge >= 0.3 is 0 Å². The van der Waals surface area contributed by atoms with E-state index in [1.54, 1.807) is 0 Å². The molecule has 0 aliphatic carbocycles. The number of carbonyl (C=O) groups is 1. The Hall–Kier alpha value is -1.49. The number of aryl methyl sites for hydroxylation is 1. The third kappa shape index (κ3) is 1.88. The third-order valence-corrected chi connectivity index (χ3v) is 1.87.